The van der Waals surface area contributed by atoms with Gasteiger partial charge in [0.15, 0.2) is 0 Å². The normalized spacial score (nSPS) is 14.5. The summed E-state index contributed by atoms with van der Waals surface area (Å²) < 4.78 is 0. The Hall–Kier alpha value is -7.80. The molecule has 0 spiro atoms. The van der Waals surface area contributed by atoms with E-state index in [2.05, 4.69) is 243 Å². The van der Waals surface area contributed by atoms with Crippen molar-refractivity contribution in [2.75, 3.05) is 0 Å². The van der Waals surface area contributed by atoms with E-state index in [1.165, 1.54) is 111 Å². The molecule has 0 N–H and O–H groups in total. The number of rotatable bonds is 0. The van der Waals surface area contributed by atoms with E-state index in [9.17, 15) is 0 Å². The van der Waals surface area contributed by atoms with E-state index in [-0.39, 0.29) is 0 Å². The summed E-state index contributed by atoms with van der Waals surface area (Å²) in [6.45, 7) is 0. The van der Waals surface area contributed by atoms with Crippen molar-refractivity contribution in [2.24, 2.45) is 0 Å². The summed E-state index contributed by atoms with van der Waals surface area (Å²) in [5, 5.41) is 0. The summed E-state index contributed by atoms with van der Waals surface area (Å²) in [4.78, 5) is 0. The summed E-state index contributed by atoms with van der Waals surface area (Å²) in [6.07, 6.45) is 21.2. The van der Waals surface area contributed by atoms with Crippen LogP contribution in [0.3, 0.4) is 0 Å². The average molecular weight is 1040 g/mol. The summed E-state index contributed by atoms with van der Waals surface area (Å²) in [5.41, 5.74) is 28.7. The van der Waals surface area contributed by atoms with Gasteiger partial charge in [0, 0.05) is 0 Å². The second-order valence-electron chi connectivity index (χ2n) is 23.2. The highest BCUT2D eigenvalue weighted by Crippen LogP contribution is 2.22. The molecule has 0 aliphatic heterocycles. The largest absolute Gasteiger partial charge is 0.0617 e. The summed E-state index contributed by atoms with van der Waals surface area (Å²) in [6, 6.07) is 93.4. The minimum Gasteiger partial charge on any atom is -0.0617 e. The molecule has 0 amide bonds. The number of hydrogen-bond donors (Lipinski definition) is 0. The van der Waals surface area contributed by atoms with Gasteiger partial charge in [-0.2, -0.15) is 0 Å². The first-order chi connectivity index (χ1) is 39.5. The van der Waals surface area contributed by atoms with E-state index < -0.39 is 0 Å². The van der Waals surface area contributed by atoms with E-state index >= 15 is 0 Å². The third-order valence-corrected chi connectivity index (χ3v) is 16.9. The lowest BCUT2D eigenvalue weighted by Gasteiger charge is -2.10. The third kappa shape index (κ3) is 16.6. The van der Waals surface area contributed by atoms with Gasteiger partial charge in [0.1, 0.15) is 0 Å². The van der Waals surface area contributed by atoms with Crippen LogP contribution in [0.2, 0.25) is 0 Å². The summed E-state index contributed by atoms with van der Waals surface area (Å²) in [7, 11) is 0. The Kier molecular flexibility index (Phi) is 18.9. The Morgan fingerprint density at radius 2 is 0.163 bits per heavy atom. The lowest BCUT2D eigenvalue weighted by molar-refractivity contribution is 0.904. The maximum Gasteiger partial charge on any atom is -0.0238 e. The van der Waals surface area contributed by atoms with Gasteiger partial charge >= 0.3 is 0 Å². The van der Waals surface area contributed by atoms with Crippen LogP contribution in [-0.2, 0) is 128 Å². The molecule has 0 saturated heterocycles. The molecule has 11 rings (SSSR count). The van der Waals surface area contributed by atoms with Crippen molar-refractivity contribution in [2.45, 2.75) is 128 Å². The fourth-order valence-corrected chi connectivity index (χ4v) is 12.3. The Morgan fingerprint density at radius 3 is 0.225 bits per heavy atom. The van der Waals surface area contributed by atoms with Crippen molar-refractivity contribution in [1.82, 2.24) is 0 Å². The van der Waals surface area contributed by atoms with Gasteiger partial charge in [-0.1, -0.05) is 243 Å². The molecule has 10 aromatic carbocycles. The van der Waals surface area contributed by atoms with Crippen LogP contribution < -0.4 is 0 Å². The van der Waals surface area contributed by atoms with Crippen molar-refractivity contribution in [1.29, 1.82) is 0 Å². The average Bonchev–Trinajstić information content (AvgIpc) is 3.51. The molecular formula is C80H80. The van der Waals surface area contributed by atoms with Gasteiger partial charge in [-0.15, -0.1) is 0 Å². The second-order valence-corrected chi connectivity index (χ2v) is 23.2. The summed E-state index contributed by atoms with van der Waals surface area (Å²) in [5.74, 6) is 0. The molecule has 1 aliphatic carbocycles. The Balaban J connectivity index is 0.748. The molecule has 1 aliphatic rings. The fraction of sp³-hybridized carbons (Fsp3) is 0.250. The number of fused-ring (bicyclic) bond motifs is 20. The molecule has 0 aromatic heterocycles. The molecule has 0 nitrogen and oxygen atoms in total. The van der Waals surface area contributed by atoms with Crippen molar-refractivity contribution in [3.63, 3.8) is 0 Å². The zero-order valence-electron chi connectivity index (χ0n) is 47.2. The number of aryl methyl sites for hydroxylation is 20. The van der Waals surface area contributed by atoms with E-state index in [4.69, 9.17) is 0 Å². The minimum absolute atomic E-state index is 1.06. The third-order valence-electron chi connectivity index (χ3n) is 16.9. The van der Waals surface area contributed by atoms with Crippen LogP contribution in [0.4, 0.5) is 0 Å². The van der Waals surface area contributed by atoms with Gasteiger partial charge in [0.25, 0.3) is 0 Å². The van der Waals surface area contributed by atoms with E-state index in [0.29, 0.717) is 0 Å². The smallest absolute Gasteiger partial charge is 0.0238 e. The van der Waals surface area contributed by atoms with Crippen LogP contribution in [-0.4, -0.2) is 0 Å². The van der Waals surface area contributed by atoms with E-state index in [0.717, 1.165) is 128 Å². The molecule has 80 heavy (non-hydrogen) atoms. The predicted molar refractivity (Wildman–Crippen MR) is 339 cm³/mol. The van der Waals surface area contributed by atoms with E-state index in [1.807, 2.05) is 0 Å². The van der Waals surface area contributed by atoms with Crippen LogP contribution in [0.25, 0.3) is 0 Å². The van der Waals surface area contributed by atoms with Gasteiger partial charge in [0.05, 0.1) is 0 Å². The van der Waals surface area contributed by atoms with Gasteiger partial charge in [-0.25, -0.2) is 0 Å². The van der Waals surface area contributed by atoms with Crippen LogP contribution in [0.1, 0.15) is 111 Å². The van der Waals surface area contributed by atoms with Gasteiger partial charge in [-0.3, -0.25) is 0 Å². The van der Waals surface area contributed by atoms with Crippen molar-refractivity contribution in [3.8, 4) is 0 Å². The molecule has 10 aromatic rings. The zero-order valence-corrected chi connectivity index (χ0v) is 47.2. The quantitative estimate of drug-likeness (QED) is 0.142. The van der Waals surface area contributed by atoms with Crippen molar-refractivity contribution in [3.05, 3.63) is 354 Å². The maximum absolute atomic E-state index is 2.45. The first-order valence-electron chi connectivity index (χ1n) is 30.3. The molecule has 0 heterocycles. The Morgan fingerprint density at radius 1 is 0.100 bits per heavy atom. The van der Waals surface area contributed by atoms with Gasteiger partial charge in [0.2, 0.25) is 0 Å². The maximum atomic E-state index is 2.45. The Labute approximate surface area is 479 Å². The molecule has 0 heteroatoms. The lowest BCUT2D eigenvalue weighted by atomic mass is 9.95. The van der Waals surface area contributed by atoms with Gasteiger partial charge in [-0.05, 0) is 240 Å². The van der Waals surface area contributed by atoms with Crippen LogP contribution in [0.5, 0.6) is 0 Å². The molecule has 400 valence electrons. The number of hydrogen-bond acceptors (Lipinski definition) is 0. The zero-order chi connectivity index (χ0) is 54.0. The van der Waals surface area contributed by atoms with Crippen molar-refractivity contribution >= 4 is 0 Å². The molecule has 20 bridgehead atoms. The molecule has 0 fully saturated rings. The Bertz CT molecular complexity index is 2610. The second kappa shape index (κ2) is 27.9. The topological polar surface area (TPSA) is 0 Å². The van der Waals surface area contributed by atoms with Crippen LogP contribution in [0, 0.1) is 0 Å². The highest BCUT2D eigenvalue weighted by atomic mass is 14.1. The standard InChI is InChI=1S/C80H80/c1-11-61-31-33-63-13-2-15-65(52-63)35-37-67-17-4-19-69(54-67)39-41-71-21-6-23-73(56-71)43-45-75-25-8-27-77(58-75)47-49-79-29-10-30-80(60-79)50-48-78-28-9-26-76(59-78)46-44-74-24-7-22-72(57-74)42-40-70-20-5-18-68(55-70)38-36-66-16-3-14-64(53-66)34-32-62(12-1)51-61/h1-30,51-60H,31-50H2. The highest BCUT2D eigenvalue weighted by Gasteiger charge is 2.09. The fourth-order valence-electron chi connectivity index (χ4n) is 12.3. The van der Waals surface area contributed by atoms with Crippen LogP contribution in [0.15, 0.2) is 243 Å². The monoisotopic (exact) mass is 1040 g/mol. The highest BCUT2D eigenvalue weighted by molar-refractivity contribution is 5.36. The molecule has 0 radical (unpaired) electrons. The lowest BCUT2D eigenvalue weighted by Crippen LogP contribution is -1.99. The van der Waals surface area contributed by atoms with Gasteiger partial charge < -0.3 is 0 Å². The molecular weight excluding hydrogens is 961 g/mol. The number of benzene rings is 10. The van der Waals surface area contributed by atoms with Crippen LogP contribution >= 0.6 is 0 Å². The first-order valence-corrected chi connectivity index (χ1v) is 30.3. The first kappa shape index (κ1) is 54.2. The molecule has 0 atom stereocenters. The minimum atomic E-state index is 1.06. The van der Waals surface area contributed by atoms with E-state index in [1.54, 1.807) is 0 Å². The molecule has 0 unspecified atom stereocenters. The predicted octanol–water partition coefficient (Wildman–Crippen LogP) is 17.9. The SMILES string of the molecule is c1cc2cc(c1)CCc1cccc(c1)CCc1cccc(c1)CCc1cccc(c1)CCc1cccc(c1)CCc1cccc(c1)CCc1cccc(c1)CCc1cccc(c1)CCc1cccc(c1)CCc1cccc(c1)CC2. The molecule has 0 saturated carbocycles. The summed E-state index contributed by atoms with van der Waals surface area (Å²) >= 11 is 0. The van der Waals surface area contributed by atoms with Crippen molar-refractivity contribution < 1.29 is 0 Å².